The summed E-state index contributed by atoms with van der Waals surface area (Å²) < 4.78 is 38.5. The maximum Gasteiger partial charge on any atom is 0.416 e. The van der Waals surface area contributed by atoms with E-state index in [1.807, 2.05) is 6.92 Å². The van der Waals surface area contributed by atoms with Gasteiger partial charge < -0.3 is 10.6 Å². The lowest BCUT2D eigenvalue weighted by molar-refractivity contribution is -0.137. The van der Waals surface area contributed by atoms with E-state index >= 15 is 0 Å². The van der Waals surface area contributed by atoms with Crippen LogP contribution in [0.3, 0.4) is 0 Å². The van der Waals surface area contributed by atoms with Gasteiger partial charge in [0.15, 0.2) is 0 Å². The largest absolute Gasteiger partial charge is 0.416 e. The molecule has 21 heavy (non-hydrogen) atoms. The lowest BCUT2D eigenvalue weighted by Crippen LogP contribution is -2.46. The molecule has 7 heteroatoms. The molecule has 0 bridgehead atoms. The normalized spacial score (nSPS) is 22.9. The Morgan fingerprint density at radius 3 is 2.76 bits per heavy atom. The first-order chi connectivity index (χ1) is 9.77. The zero-order valence-corrected chi connectivity index (χ0v) is 13.0. The van der Waals surface area contributed by atoms with Gasteiger partial charge in [0.25, 0.3) is 5.91 Å². The number of alkyl halides is 3. The van der Waals surface area contributed by atoms with E-state index in [0.29, 0.717) is 4.47 Å². The smallest absolute Gasteiger partial charge is 0.349 e. The Labute approximate surface area is 129 Å². The fourth-order valence-corrected chi connectivity index (χ4v) is 2.83. The van der Waals surface area contributed by atoms with Crippen molar-refractivity contribution in [1.82, 2.24) is 10.6 Å². The van der Waals surface area contributed by atoms with Crippen molar-refractivity contribution in [3.63, 3.8) is 0 Å². The number of piperidine rings is 1. The maximum absolute atomic E-state index is 12.7. The SMILES string of the molecule is CC1CC(NC(=O)c2cc(C(F)(F)F)ccc2Br)CCN1. The number of carbonyl (C=O) groups is 1. The summed E-state index contributed by atoms with van der Waals surface area (Å²) in [5, 5.41) is 6.06. The molecule has 1 saturated heterocycles. The second-order valence-corrected chi connectivity index (χ2v) is 6.10. The number of benzene rings is 1. The van der Waals surface area contributed by atoms with Crippen LogP contribution in [0.1, 0.15) is 35.7 Å². The van der Waals surface area contributed by atoms with Gasteiger partial charge in [-0.1, -0.05) is 0 Å². The van der Waals surface area contributed by atoms with Gasteiger partial charge >= 0.3 is 6.18 Å². The number of halogens is 4. The molecule has 1 fully saturated rings. The summed E-state index contributed by atoms with van der Waals surface area (Å²) >= 11 is 3.13. The van der Waals surface area contributed by atoms with Gasteiger partial charge in [-0.3, -0.25) is 4.79 Å². The molecule has 0 radical (unpaired) electrons. The molecular weight excluding hydrogens is 349 g/mol. The molecule has 2 atom stereocenters. The molecule has 2 rings (SSSR count). The van der Waals surface area contributed by atoms with Gasteiger partial charge in [-0.2, -0.15) is 13.2 Å². The molecule has 0 aromatic heterocycles. The topological polar surface area (TPSA) is 41.1 Å². The minimum atomic E-state index is -4.46. The van der Waals surface area contributed by atoms with Crippen LogP contribution in [0.2, 0.25) is 0 Å². The molecule has 0 saturated carbocycles. The molecule has 1 aromatic rings. The van der Waals surface area contributed by atoms with Crippen LogP contribution >= 0.6 is 15.9 Å². The van der Waals surface area contributed by atoms with E-state index in [-0.39, 0.29) is 17.6 Å². The zero-order chi connectivity index (χ0) is 15.6. The summed E-state index contributed by atoms with van der Waals surface area (Å²) in [6.07, 6.45) is -2.92. The highest BCUT2D eigenvalue weighted by atomic mass is 79.9. The van der Waals surface area contributed by atoms with Crippen LogP contribution in [-0.4, -0.2) is 24.5 Å². The van der Waals surface area contributed by atoms with E-state index in [1.165, 1.54) is 6.07 Å². The van der Waals surface area contributed by atoms with Crippen LogP contribution < -0.4 is 10.6 Å². The Balaban J connectivity index is 2.15. The van der Waals surface area contributed by atoms with Gasteiger partial charge in [0, 0.05) is 16.6 Å². The molecule has 116 valence electrons. The summed E-state index contributed by atoms with van der Waals surface area (Å²) in [6, 6.07) is 3.35. The molecule has 2 N–H and O–H groups in total. The fourth-order valence-electron chi connectivity index (χ4n) is 2.40. The van der Waals surface area contributed by atoms with E-state index < -0.39 is 17.6 Å². The Kier molecular flexibility index (Phi) is 4.93. The van der Waals surface area contributed by atoms with Gasteiger partial charge in [-0.15, -0.1) is 0 Å². The first kappa shape index (κ1) is 16.3. The number of nitrogens with one attached hydrogen (secondary N) is 2. The zero-order valence-electron chi connectivity index (χ0n) is 11.4. The van der Waals surface area contributed by atoms with Crippen LogP contribution in [-0.2, 0) is 6.18 Å². The summed E-state index contributed by atoms with van der Waals surface area (Å²) in [5.74, 6) is -0.480. The van der Waals surface area contributed by atoms with Crippen molar-refractivity contribution in [2.75, 3.05) is 6.54 Å². The Bertz CT molecular complexity index is 533. The molecule has 1 aromatic carbocycles. The van der Waals surface area contributed by atoms with Crippen LogP contribution in [0.25, 0.3) is 0 Å². The fraction of sp³-hybridized carbons (Fsp3) is 0.500. The highest BCUT2D eigenvalue weighted by molar-refractivity contribution is 9.10. The molecule has 1 heterocycles. The third-order valence-electron chi connectivity index (χ3n) is 3.50. The third-order valence-corrected chi connectivity index (χ3v) is 4.19. The van der Waals surface area contributed by atoms with Gasteiger partial charge in [-0.25, -0.2) is 0 Å². The average molecular weight is 365 g/mol. The molecule has 1 aliphatic heterocycles. The minimum absolute atomic E-state index is 0.0102. The number of hydrogen-bond acceptors (Lipinski definition) is 2. The van der Waals surface area contributed by atoms with Crippen molar-refractivity contribution in [3.8, 4) is 0 Å². The summed E-state index contributed by atoms with van der Waals surface area (Å²) in [5.41, 5.74) is -0.814. The summed E-state index contributed by atoms with van der Waals surface area (Å²) in [4.78, 5) is 12.2. The first-order valence-electron chi connectivity index (χ1n) is 6.68. The molecule has 1 aliphatic rings. The Morgan fingerprint density at radius 1 is 1.43 bits per heavy atom. The summed E-state index contributed by atoms with van der Waals surface area (Å²) in [6.45, 7) is 2.80. The lowest BCUT2D eigenvalue weighted by Gasteiger charge is -2.28. The number of rotatable bonds is 2. The van der Waals surface area contributed by atoms with Crippen LogP contribution in [0.5, 0.6) is 0 Å². The molecule has 1 amide bonds. The Morgan fingerprint density at radius 2 is 2.14 bits per heavy atom. The predicted octanol–water partition coefficient (Wildman–Crippen LogP) is 3.34. The van der Waals surface area contributed by atoms with Crippen molar-refractivity contribution in [2.24, 2.45) is 0 Å². The van der Waals surface area contributed by atoms with Crippen molar-refractivity contribution in [1.29, 1.82) is 0 Å². The highest BCUT2D eigenvalue weighted by Gasteiger charge is 2.32. The molecule has 0 spiro atoms. The van der Waals surface area contributed by atoms with Crippen LogP contribution in [0.4, 0.5) is 13.2 Å². The van der Waals surface area contributed by atoms with Crippen LogP contribution in [0.15, 0.2) is 22.7 Å². The van der Waals surface area contributed by atoms with E-state index in [1.54, 1.807) is 0 Å². The number of carbonyl (C=O) groups excluding carboxylic acids is 1. The van der Waals surface area contributed by atoms with Gasteiger partial charge in [0.1, 0.15) is 0 Å². The van der Waals surface area contributed by atoms with Crippen molar-refractivity contribution in [2.45, 2.75) is 38.0 Å². The van der Waals surface area contributed by atoms with E-state index in [0.717, 1.165) is 31.5 Å². The van der Waals surface area contributed by atoms with Crippen LogP contribution in [0, 0.1) is 0 Å². The minimum Gasteiger partial charge on any atom is -0.349 e. The van der Waals surface area contributed by atoms with Crippen molar-refractivity contribution >= 4 is 21.8 Å². The van der Waals surface area contributed by atoms with E-state index in [4.69, 9.17) is 0 Å². The molecule has 2 unspecified atom stereocenters. The second-order valence-electron chi connectivity index (χ2n) is 5.24. The quantitative estimate of drug-likeness (QED) is 0.844. The average Bonchev–Trinajstić information content (AvgIpc) is 2.37. The number of amides is 1. The monoisotopic (exact) mass is 364 g/mol. The van der Waals surface area contributed by atoms with E-state index in [2.05, 4.69) is 26.6 Å². The van der Waals surface area contributed by atoms with Gasteiger partial charge in [0.2, 0.25) is 0 Å². The van der Waals surface area contributed by atoms with Gasteiger partial charge in [0.05, 0.1) is 11.1 Å². The molecule has 0 aliphatic carbocycles. The molecule has 3 nitrogen and oxygen atoms in total. The van der Waals surface area contributed by atoms with Crippen molar-refractivity contribution < 1.29 is 18.0 Å². The maximum atomic E-state index is 12.7. The molecular formula is C14H16BrF3N2O. The standard InChI is InChI=1S/C14H16BrF3N2O/c1-8-6-10(4-5-19-8)20-13(21)11-7-9(14(16,17)18)2-3-12(11)15/h2-3,7-8,10,19H,4-6H2,1H3,(H,20,21). The predicted molar refractivity (Wildman–Crippen MR) is 77.1 cm³/mol. The number of hydrogen-bond donors (Lipinski definition) is 2. The van der Waals surface area contributed by atoms with Gasteiger partial charge in [-0.05, 0) is 60.4 Å². The second kappa shape index (κ2) is 6.36. The third kappa shape index (κ3) is 4.20. The van der Waals surface area contributed by atoms with E-state index in [9.17, 15) is 18.0 Å². The lowest BCUT2D eigenvalue weighted by atomic mass is 10.00. The van der Waals surface area contributed by atoms with Crippen molar-refractivity contribution in [3.05, 3.63) is 33.8 Å². The first-order valence-corrected chi connectivity index (χ1v) is 7.47. The Hall–Kier alpha value is -1.08. The highest BCUT2D eigenvalue weighted by Crippen LogP contribution is 2.32. The summed E-state index contributed by atoms with van der Waals surface area (Å²) in [7, 11) is 0.